The van der Waals surface area contributed by atoms with Crippen LogP contribution in [0.2, 0.25) is 0 Å². The number of nitrogens with zero attached hydrogens (tertiary/aromatic N) is 4. The molecule has 176 valence electrons. The molecule has 2 aromatic rings. The van der Waals surface area contributed by atoms with Crippen molar-refractivity contribution in [3.05, 3.63) is 47.6 Å². The average Bonchev–Trinajstić information content (AvgIpc) is 3.47. The number of amides is 2. The molecule has 0 radical (unpaired) electrons. The number of carbonyl (C=O) groups is 2. The molecule has 33 heavy (non-hydrogen) atoms. The van der Waals surface area contributed by atoms with Crippen molar-refractivity contribution in [1.82, 2.24) is 15.0 Å². The van der Waals surface area contributed by atoms with Gasteiger partial charge in [-0.05, 0) is 24.1 Å². The van der Waals surface area contributed by atoms with Crippen LogP contribution < -0.4 is 10.6 Å². The van der Waals surface area contributed by atoms with Crippen LogP contribution in [0.5, 0.6) is 0 Å². The van der Waals surface area contributed by atoms with Crippen molar-refractivity contribution >= 4 is 23.3 Å². The summed E-state index contributed by atoms with van der Waals surface area (Å²) in [6.45, 7) is -0.632. The molecule has 2 aliphatic heterocycles. The Balaban J connectivity index is 1.51. The molecule has 1 unspecified atom stereocenters. The number of carbonyl (C=O) groups excluding carboxylic acids is 2. The molecule has 0 saturated carbocycles. The van der Waals surface area contributed by atoms with Crippen LogP contribution in [0, 0.1) is 11.6 Å². The molecule has 1 fully saturated rings. The largest absolute Gasteiger partial charge is 0.442 e. The topological polar surface area (TPSA) is 155 Å². The van der Waals surface area contributed by atoms with Crippen LogP contribution >= 0.6 is 0 Å². The molecule has 11 nitrogen and oxygen atoms in total. The summed E-state index contributed by atoms with van der Waals surface area (Å²) in [4.78, 5) is 30.4. The van der Waals surface area contributed by atoms with Crippen molar-refractivity contribution in [3.8, 4) is 0 Å². The lowest BCUT2D eigenvalue weighted by Gasteiger charge is -2.28. The Labute approximate surface area is 186 Å². The van der Waals surface area contributed by atoms with E-state index in [1.54, 1.807) is 0 Å². The number of nitrogens with two attached hydrogens (primary N) is 1. The zero-order valence-electron chi connectivity index (χ0n) is 17.2. The van der Waals surface area contributed by atoms with Crippen LogP contribution in [0.1, 0.15) is 23.9 Å². The van der Waals surface area contributed by atoms with Crippen LogP contribution in [-0.2, 0) is 9.53 Å². The maximum Gasteiger partial charge on any atom is 0.414 e. The summed E-state index contributed by atoms with van der Waals surface area (Å²) in [5.41, 5.74) is 6.03. The Kier molecular flexibility index (Phi) is 6.35. The van der Waals surface area contributed by atoms with Crippen LogP contribution in [-0.4, -0.2) is 75.7 Å². The summed E-state index contributed by atoms with van der Waals surface area (Å²) in [5.74, 6) is -2.30. The second-order valence-corrected chi connectivity index (χ2v) is 7.59. The molecule has 4 rings (SSSR count). The summed E-state index contributed by atoms with van der Waals surface area (Å²) >= 11 is 0. The molecular weight excluding hydrogens is 444 g/mol. The third-order valence-electron chi connectivity index (χ3n) is 5.55. The third-order valence-corrected chi connectivity index (χ3v) is 5.55. The molecular formula is C20H21F2N5O6. The first kappa shape index (κ1) is 22.8. The summed E-state index contributed by atoms with van der Waals surface area (Å²) in [6.07, 6.45) is -0.498. The first-order valence-corrected chi connectivity index (χ1v) is 10.1. The van der Waals surface area contributed by atoms with Crippen LogP contribution in [0.25, 0.3) is 5.57 Å². The molecule has 13 heteroatoms. The second-order valence-electron chi connectivity index (χ2n) is 7.59. The Bertz CT molecular complexity index is 1060. The van der Waals surface area contributed by atoms with Gasteiger partial charge in [-0.25, -0.2) is 13.6 Å². The second kappa shape index (κ2) is 9.21. The highest BCUT2D eigenvalue weighted by Gasteiger charge is 2.39. The van der Waals surface area contributed by atoms with Crippen LogP contribution in [0.15, 0.2) is 29.1 Å². The van der Waals surface area contributed by atoms with Gasteiger partial charge in [0.15, 0.2) is 11.9 Å². The first-order chi connectivity index (χ1) is 15.8. The molecule has 1 saturated heterocycles. The lowest BCUT2D eigenvalue weighted by molar-refractivity contribution is -0.141. The molecule has 1 aromatic carbocycles. The Morgan fingerprint density at radius 2 is 2.06 bits per heavy atom. The van der Waals surface area contributed by atoms with Gasteiger partial charge in [0, 0.05) is 18.7 Å². The van der Waals surface area contributed by atoms with E-state index in [9.17, 15) is 23.5 Å². The number of hydrogen-bond donors (Lipinski definition) is 3. The number of anilines is 1. The van der Waals surface area contributed by atoms with Crippen molar-refractivity contribution in [2.45, 2.75) is 24.7 Å². The Morgan fingerprint density at radius 3 is 2.64 bits per heavy atom. The van der Waals surface area contributed by atoms with Gasteiger partial charge in [0.2, 0.25) is 6.39 Å². The molecule has 0 spiro atoms. The zero-order valence-corrected chi connectivity index (χ0v) is 17.2. The summed E-state index contributed by atoms with van der Waals surface area (Å²) in [7, 11) is 0. The number of hydrogen-bond acceptors (Lipinski definition) is 9. The van der Waals surface area contributed by atoms with Gasteiger partial charge >= 0.3 is 6.09 Å². The molecule has 3 atom stereocenters. The smallest absolute Gasteiger partial charge is 0.414 e. The number of rotatable bonds is 6. The minimum atomic E-state index is -1.54. The molecule has 0 aliphatic carbocycles. The quantitative estimate of drug-likeness (QED) is 0.548. The molecule has 0 bridgehead atoms. The van der Waals surface area contributed by atoms with E-state index in [-0.39, 0.29) is 43.1 Å². The third kappa shape index (κ3) is 4.42. The Hall–Kier alpha value is -3.42. The number of ether oxygens (including phenoxy) is 1. The van der Waals surface area contributed by atoms with Gasteiger partial charge in [-0.2, -0.15) is 4.98 Å². The van der Waals surface area contributed by atoms with Gasteiger partial charge in [0.25, 0.3) is 5.91 Å². The van der Waals surface area contributed by atoms with E-state index in [0.29, 0.717) is 5.57 Å². The normalized spacial score (nSPS) is 20.5. The number of cyclic esters (lactones) is 1. The summed E-state index contributed by atoms with van der Waals surface area (Å²) < 4.78 is 39.7. The van der Waals surface area contributed by atoms with Crippen molar-refractivity contribution in [2.24, 2.45) is 5.73 Å². The van der Waals surface area contributed by atoms with Crippen molar-refractivity contribution in [3.63, 3.8) is 0 Å². The number of halogens is 2. The monoisotopic (exact) mass is 465 g/mol. The van der Waals surface area contributed by atoms with E-state index < -0.39 is 48.5 Å². The van der Waals surface area contributed by atoms with Gasteiger partial charge < -0.3 is 30.1 Å². The number of aliphatic hydroxyl groups excluding tert-OH is 2. The number of benzene rings is 1. The van der Waals surface area contributed by atoms with Crippen LogP contribution in [0.3, 0.4) is 0 Å². The van der Waals surface area contributed by atoms with E-state index >= 15 is 0 Å². The van der Waals surface area contributed by atoms with Crippen molar-refractivity contribution in [1.29, 1.82) is 0 Å². The lowest BCUT2D eigenvalue weighted by Crippen LogP contribution is -2.42. The molecule has 3 heterocycles. The predicted molar refractivity (Wildman–Crippen MR) is 107 cm³/mol. The van der Waals surface area contributed by atoms with E-state index in [2.05, 4.69) is 14.7 Å². The van der Waals surface area contributed by atoms with Gasteiger partial charge in [-0.1, -0.05) is 11.2 Å². The minimum absolute atomic E-state index is 0.0277. The minimum Gasteiger partial charge on any atom is -0.442 e. The summed E-state index contributed by atoms with van der Waals surface area (Å²) in [5, 5.41) is 22.0. The fourth-order valence-corrected chi connectivity index (χ4v) is 3.78. The predicted octanol–water partition coefficient (Wildman–Crippen LogP) is 0.342. The SMILES string of the molecule is NC(c1ncon1)[C@@H]1CN(c2cc(F)c(C3=CCN(C(=O)[C@@H](O)CO)CC3)c(F)c2)C(=O)O1. The first-order valence-electron chi connectivity index (χ1n) is 10.1. The van der Waals surface area contributed by atoms with E-state index in [1.807, 2.05) is 0 Å². The van der Waals surface area contributed by atoms with Crippen molar-refractivity contribution < 1.29 is 37.8 Å². The standard InChI is InChI=1S/C20H21F2N5O6/c21-12-5-11(27-7-15(33-20(27)31)17(23)18-24-9-32-25-18)6-13(22)16(12)10-1-3-26(4-2-10)19(30)14(29)8-28/h1,5-6,9,14-15,17,28-29H,2-4,7-8,23H2/t14-,15-,17?/m0/s1. The zero-order chi connectivity index (χ0) is 23.7. The van der Waals surface area contributed by atoms with E-state index in [4.69, 9.17) is 15.6 Å². The fourth-order valence-electron chi connectivity index (χ4n) is 3.78. The van der Waals surface area contributed by atoms with Gasteiger partial charge in [-0.3, -0.25) is 9.69 Å². The molecule has 1 aromatic heterocycles. The highest BCUT2D eigenvalue weighted by Crippen LogP contribution is 2.33. The maximum atomic E-state index is 14.9. The van der Waals surface area contributed by atoms with Gasteiger partial charge in [-0.15, -0.1) is 0 Å². The van der Waals surface area contributed by atoms with Crippen LogP contribution in [0.4, 0.5) is 19.3 Å². The lowest BCUT2D eigenvalue weighted by atomic mass is 9.97. The van der Waals surface area contributed by atoms with E-state index in [1.165, 1.54) is 11.0 Å². The molecule has 4 N–H and O–H groups in total. The highest BCUT2D eigenvalue weighted by atomic mass is 19.1. The average molecular weight is 465 g/mol. The Morgan fingerprint density at radius 1 is 1.33 bits per heavy atom. The van der Waals surface area contributed by atoms with Gasteiger partial charge in [0.1, 0.15) is 23.8 Å². The maximum absolute atomic E-state index is 14.9. The number of aromatic nitrogens is 2. The molecule has 2 aliphatic rings. The molecule has 2 amide bonds. The van der Waals surface area contributed by atoms with Crippen molar-refractivity contribution in [2.75, 3.05) is 31.1 Å². The fraction of sp³-hybridized carbons (Fsp3) is 0.400. The van der Waals surface area contributed by atoms with E-state index in [0.717, 1.165) is 23.4 Å². The highest BCUT2D eigenvalue weighted by molar-refractivity contribution is 5.90. The van der Waals surface area contributed by atoms with Gasteiger partial charge in [0.05, 0.1) is 18.8 Å². The summed E-state index contributed by atoms with van der Waals surface area (Å²) in [6, 6.07) is 1.17. The number of aliphatic hydroxyl groups is 2.